The number of pyridine rings is 2. The van der Waals surface area contributed by atoms with Crippen molar-refractivity contribution in [2.45, 2.75) is 32.7 Å². The number of ether oxygens (including phenoxy) is 1. The van der Waals surface area contributed by atoms with Crippen molar-refractivity contribution in [3.63, 3.8) is 0 Å². The van der Waals surface area contributed by atoms with Crippen molar-refractivity contribution in [2.75, 3.05) is 4.90 Å². The molecule has 3 aromatic heterocycles. The van der Waals surface area contributed by atoms with Crippen LogP contribution in [0.1, 0.15) is 32.7 Å². The van der Waals surface area contributed by atoms with Crippen molar-refractivity contribution in [1.82, 2.24) is 19.7 Å². The number of fused-ring (bicyclic) bond motifs is 1. The highest BCUT2D eigenvalue weighted by Crippen LogP contribution is 2.49. The number of carbonyl (C=O) groups is 2. The van der Waals surface area contributed by atoms with Gasteiger partial charge in [0.25, 0.3) is 0 Å². The number of nitrogens with zero attached hydrogens (tertiary/aromatic N) is 5. The molecule has 1 aliphatic carbocycles. The average Bonchev–Trinajstić information content (AvgIpc) is 3.65. The lowest BCUT2D eigenvalue weighted by atomic mass is 10.0. The smallest absolute Gasteiger partial charge is 0.247 e. The molecule has 6 rings (SSSR count). The Morgan fingerprint density at radius 1 is 0.976 bits per heavy atom. The molecule has 212 valence electrons. The topological polar surface area (TPSA) is 116 Å². The number of anilines is 2. The van der Waals surface area contributed by atoms with Crippen molar-refractivity contribution < 1.29 is 23.1 Å². The van der Waals surface area contributed by atoms with Gasteiger partial charge in [0.1, 0.15) is 17.0 Å². The third-order valence-electron chi connectivity index (χ3n) is 7.33. The summed E-state index contributed by atoms with van der Waals surface area (Å²) in [6, 6.07) is 12.7. The van der Waals surface area contributed by atoms with Crippen LogP contribution in [0.15, 0.2) is 79.4 Å². The van der Waals surface area contributed by atoms with Gasteiger partial charge in [-0.25, -0.2) is 8.78 Å². The maximum Gasteiger partial charge on any atom is 0.247 e. The van der Waals surface area contributed by atoms with E-state index < -0.39 is 28.9 Å². The summed E-state index contributed by atoms with van der Waals surface area (Å²) >= 11 is 0. The molecular weight excluding hydrogens is 542 g/mol. The molecule has 2 amide bonds. The Kier molecular flexibility index (Phi) is 6.64. The number of hydrogen-bond acceptors (Lipinski definition) is 6. The van der Waals surface area contributed by atoms with Gasteiger partial charge < -0.3 is 10.5 Å². The van der Waals surface area contributed by atoms with E-state index in [9.17, 15) is 14.0 Å². The Balaban J connectivity index is 1.31. The molecule has 0 aliphatic heterocycles. The second-order valence-corrected chi connectivity index (χ2v) is 10.5. The van der Waals surface area contributed by atoms with Crippen molar-refractivity contribution >= 4 is 34.1 Å². The lowest BCUT2D eigenvalue weighted by Crippen LogP contribution is -2.41. The minimum absolute atomic E-state index is 0.101. The number of carbonyl (C=O) groups excluding carboxylic acids is 2. The van der Waals surface area contributed by atoms with Crippen LogP contribution in [0.3, 0.4) is 0 Å². The van der Waals surface area contributed by atoms with Gasteiger partial charge in [0, 0.05) is 41.9 Å². The minimum Gasteiger partial charge on any atom is -0.453 e. The molecule has 2 aromatic carbocycles. The van der Waals surface area contributed by atoms with Crippen LogP contribution in [0.5, 0.6) is 11.5 Å². The number of aromatic nitrogens is 4. The van der Waals surface area contributed by atoms with Crippen molar-refractivity contribution in [1.29, 1.82) is 0 Å². The maximum atomic E-state index is 15.5. The largest absolute Gasteiger partial charge is 0.453 e. The maximum absolute atomic E-state index is 15.5. The number of hydrogen-bond donors (Lipinski definition) is 1. The van der Waals surface area contributed by atoms with Gasteiger partial charge in [-0.1, -0.05) is 0 Å². The molecule has 0 bridgehead atoms. The summed E-state index contributed by atoms with van der Waals surface area (Å²) in [5.74, 6) is -2.39. The molecule has 0 saturated heterocycles. The Morgan fingerprint density at radius 3 is 2.36 bits per heavy atom. The van der Waals surface area contributed by atoms with Gasteiger partial charge in [0.2, 0.25) is 11.8 Å². The predicted octanol–water partition coefficient (Wildman–Crippen LogP) is 6.07. The third kappa shape index (κ3) is 4.83. The predicted molar refractivity (Wildman–Crippen MR) is 152 cm³/mol. The second-order valence-electron chi connectivity index (χ2n) is 10.5. The molecule has 5 aromatic rings. The lowest BCUT2D eigenvalue weighted by Gasteiger charge is -2.26. The summed E-state index contributed by atoms with van der Waals surface area (Å²) in [5.41, 5.74) is 6.68. The number of primary amides is 1. The lowest BCUT2D eigenvalue weighted by molar-refractivity contribution is -0.133. The Bertz CT molecular complexity index is 1830. The normalized spacial score (nSPS) is 13.7. The summed E-state index contributed by atoms with van der Waals surface area (Å²) < 4.78 is 36.9. The summed E-state index contributed by atoms with van der Waals surface area (Å²) in [6.45, 7) is 4.06. The highest BCUT2D eigenvalue weighted by atomic mass is 19.1. The highest BCUT2D eigenvalue weighted by Gasteiger charge is 2.57. The van der Waals surface area contributed by atoms with E-state index >= 15 is 4.39 Å². The summed E-state index contributed by atoms with van der Waals surface area (Å²) in [4.78, 5) is 35.8. The van der Waals surface area contributed by atoms with Crippen LogP contribution in [0, 0.1) is 17.0 Å². The van der Waals surface area contributed by atoms with Crippen LogP contribution < -0.4 is 15.4 Å². The minimum atomic E-state index is -1.38. The van der Waals surface area contributed by atoms with Crippen molar-refractivity contribution in [2.24, 2.45) is 11.1 Å². The fourth-order valence-electron chi connectivity index (χ4n) is 4.72. The van der Waals surface area contributed by atoms with Crippen LogP contribution in [-0.2, 0) is 9.59 Å². The molecule has 0 unspecified atom stereocenters. The average molecular weight is 569 g/mol. The standard InChI is InChI=1S/C31H26F2N6O3/c1-18(2)38-17-19(15-37-38)25-14-26-23(16-36-25)27(9-12-35-26)42-28-8-7-22(13-24(28)33)39(21-5-3-20(32)4-6-21)30(41)31(10-11-31)29(34)40/h3-9,12-18H,10-11H2,1-2H3,(H2,34,40). The molecule has 11 heteroatoms. The molecule has 1 fully saturated rings. The van der Waals surface area contributed by atoms with Gasteiger partial charge in [-0.3, -0.25) is 29.1 Å². The molecule has 42 heavy (non-hydrogen) atoms. The summed E-state index contributed by atoms with van der Waals surface area (Å²) in [7, 11) is 0. The van der Waals surface area contributed by atoms with Crippen LogP contribution in [0.25, 0.3) is 22.2 Å². The zero-order valence-electron chi connectivity index (χ0n) is 22.8. The summed E-state index contributed by atoms with van der Waals surface area (Å²) in [5, 5.41) is 4.93. The number of halogens is 2. The molecule has 0 spiro atoms. The first kappa shape index (κ1) is 27.0. The van der Waals surface area contributed by atoms with Gasteiger partial charge in [-0.05, 0) is 75.2 Å². The van der Waals surface area contributed by atoms with Gasteiger partial charge in [-0.2, -0.15) is 5.10 Å². The summed E-state index contributed by atoms with van der Waals surface area (Å²) in [6.07, 6.45) is 7.38. The van der Waals surface area contributed by atoms with E-state index in [1.54, 1.807) is 24.7 Å². The van der Waals surface area contributed by atoms with E-state index in [4.69, 9.17) is 10.5 Å². The van der Waals surface area contributed by atoms with Gasteiger partial charge in [0.15, 0.2) is 11.6 Å². The van der Waals surface area contributed by atoms with Crippen LogP contribution >= 0.6 is 0 Å². The molecule has 1 aliphatic rings. The van der Waals surface area contributed by atoms with Gasteiger partial charge >= 0.3 is 0 Å². The van der Waals surface area contributed by atoms with Crippen molar-refractivity contribution in [3.8, 4) is 22.8 Å². The van der Waals surface area contributed by atoms with E-state index in [-0.39, 0.29) is 36.0 Å². The van der Waals surface area contributed by atoms with Crippen LogP contribution in [0.2, 0.25) is 0 Å². The number of nitrogens with two attached hydrogens (primary N) is 1. The zero-order chi connectivity index (χ0) is 29.6. The number of benzene rings is 2. The van der Waals surface area contributed by atoms with Crippen LogP contribution in [0.4, 0.5) is 20.2 Å². The first-order chi connectivity index (χ1) is 20.2. The quantitative estimate of drug-likeness (QED) is 0.227. The third-order valence-corrected chi connectivity index (χ3v) is 7.33. The first-order valence-electron chi connectivity index (χ1n) is 13.3. The second kappa shape index (κ2) is 10.3. The molecule has 2 N–H and O–H groups in total. The Morgan fingerprint density at radius 2 is 1.71 bits per heavy atom. The fraction of sp³-hybridized carbons (Fsp3) is 0.194. The number of rotatable bonds is 8. The Hall–Kier alpha value is -5.19. The van der Waals surface area contributed by atoms with E-state index in [2.05, 4.69) is 15.1 Å². The van der Waals surface area contributed by atoms with Gasteiger partial charge in [0.05, 0.1) is 28.5 Å². The van der Waals surface area contributed by atoms with E-state index in [1.165, 1.54) is 41.3 Å². The van der Waals surface area contributed by atoms with Gasteiger partial charge in [-0.15, -0.1) is 0 Å². The van der Waals surface area contributed by atoms with E-state index in [1.807, 2.05) is 30.8 Å². The molecule has 3 heterocycles. The molecule has 0 atom stereocenters. The Labute approximate surface area is 239 Å². The van der Waals surface area contributed by atoms with Crippen LogP contribution in [-0.4, -0.2) is 31.6 Å². The monoisotopic (exact) mass is 568 g/mol. The van der Waals surface area contributed by atoms with E-state index in [0.29, 0.717) is 22.3 Å². The SMILES string of the molecule is CC(C)n1cc(-c2cc3nccc(Oc4ccc(N(C(=O)C5(C(N)=O)CC5)c5ccc(F)cc5)cc4F)c3cn2)cn1. The van der Waals surface area contributed by atoms with Crippen molar-refractivity contribution in [3.05, 3.63) is 91.0 Å². The number of amides is 2. The molecule has 1 saturated carbocycles. The molecule has 0 radical (unpaired) electrons. The zero-order valence-corrected chi connectivity index (χ0v) is 22.8. The molecule has 9 nitrogen and oxygen atoms in total. The van der Waals surface area contributed by atoms with E-state index in [0.717, 1.165) is 11.6 Å². The first-order valence-corrected chi connectivity index (χ1v) is 13.3. The molecular formula is C31H26F2N6O3. The fourth-order valence-corrected chi connectivity index (χ4v) is 4.72. The highest BCUT2D eigenvalue weighted by molar-refractivity contribution is 6.16.